The number of likely N-dealkylation sites (tertiary alicyclic amines) is 1. The van der Waals surface area contributed by atoms with E-state index in [0.717, 1.165) is 13.0 Å². The van der Waals surface area contributed by atoms with Crippen molar-refractivity contribution in [3.8, 4) is 5.75 Å². The Hall–Kier alpha value is -1.66. The molecule has 1 heterocycles. The first-order valence-electron chi connectivity index (χ1n) is 9.28. The van der Waals surface area contributed by atoms with Crippen LogP contribution in [0, 0.1) is 11.7 Å². The van der Waals surface area contributed by atoms with Crippen molar-refractivity contribution in [3.63, 3.8) is 0 Å². The van der Waals surface area contributed by atoms with Gasteiger partial charge in [0.25, 0.3) is 5.91 Å². The number of nitrogens with zero attached hydrogens (tertiary/aromatic N) is 2. The van der Waals surface area contributed by atoms with Crippen molar-refractivity contribution in [2.24, 2.45) is 5.92 Å². The summed E-state index contributed by atoms with van der Waals surface area (Å²) in [6.45, 7) is 6.10. The van der Waals surface area contributed by atoms with E-state index in [-0.39, 0.29) is 18.3 Å². The van der Waals surface area contributed by atoms with Crippen LogP contribution in [0.25, 0.3) is 0 Å². The van der Waals surface area contributed by atoms with Crippen molar-refractivity contribution in [2.45, 2.75) is 45.3 Å². The summed E-state index contributed by atoms with van der Waals surface area (Å²) in [5, 5.41) is 10.9. The van der Waals surface area contributed by atoms with E-state index in [2.05, 4.69) is 13.8 Å². The van der Waals surface area contributed by atoms with E-state index < -0.39 is 5.60 Å². The van der Waals surface area contributed by atoms with Crippen LogP contribution in [0.2, 0.25) is 0 Å². The second kappa shape index (κ2) is 8.82. The standard InChI is InChI=1S/C20H31FN2O3/c1-15(2)8-11-22(3)14-20(25)9-5-10-23(19(20)24)13-16-12-17(26-4)6-7-18(16)21/h6-7,12,15,25H,5,8-11,13-14H2,1-4H3/t20-/m1/s1. The van der Waals surface area contributed by atoms with Crippen LogP contribution in [-0.4, -0.2) is 60.2 Å². The van der Waals surface area contributed by atoms with Gasteiger partial charge in [0.15, 0.2) is 5.60 Å². The molecule has 1 fully saturated rings. The molecule has 1 atom stereocenters. The third-order valence-electron chi connectivity index (χ3n) is 4.94. The molecule has 1 aromatic carbocycles. The van der Waals surface area contributed by atoms with E-state index in [1.54, 1.807) is 17.0 Å². The highest BCUT2D eigenvalue weighted by Gasteiger charge is 2.42. The smallest absolute Gasteiger partial charge is 0.256 e. The summed E-state index contributed by atoms with van der Waals surface area (Å²) < 4.78 is 19.2. The van der Waals surface area contributed by atoms with Gasteiger partial charge in [-0.05, 0) is 57.0 Å². The highest BCUT2D eigenvalue weighted by atomic mass is 19.1. The normalized spacial score (nSPS) is 20.9. The number of hydrogen-bond acceptors (Lipinski definition) is 4. The van der Waals surface area contributed by atoms with E-state index in [0.29, 0.717) is 43.2 Å². The molecule has 1 aliphatic rings. The molecule has 1 saturated heterocycles. The SMILES string of the molecule is COc1ccc(F)c(CN2CCC[C@@](O)(CN(C)CCC(C)C)C2=O)c1. The second-order valence-electron chi connectivity index (χ2n) is 7.74. The minimum atomic E-state index is -1.40. The minimum Gasteiger partial charge on any atom is -0.497 e. The van der Waals surface area contributed by atoms with E-state index in [1.165, 1.54) is 13.2 Å². The summed E-state index contributed by atoms with van der Waals surface area (Å²) in [5.41, 5.74) is -1.01. The molecule has 0 aromatic heterocycles. The zero-order valence-electron chi connectivity index (χ0n) is 16.3. The average Bonchev–Trinajstić information content (AvgIpc) is 2.59. The molecule has 26 heavy (non-hydrogen) atoms. The number of methoxy groups -OCH3 is 1. The van der Waals surface area contributed by atoms with Crippen molar-refractivity contribution in [2.75, 3.05) is 33.8 Å². The van der Waals surface area contributed by atoms with Crippen LogP contribution in [-0.2, 0) is 11.3 Å². The Kier molecular flexibility index (Phi) is 7.01. The van der Waals surface area contributed by atoms with Crippen molar-refractivity contribution in [1.29, 1.82) is 0 Å². The lowest BCUT2D eigenvalue weighted by atomic mass is 9.90. The maximum absolute atomic E-state index is 14.1. The first-order valence-corrected chi connectivity index (χ1v) is 9.28. The monoisotopic (exact) mass is 366 g/mol. The van der Waals surface area contributed by atoms with Crippen LogP contribution in [0.4, 0.5) is 4.39 Å². The number of aliphatic hydroxyl groups is 1. The van der Waals surface area contributed by atoms with Crippen LogP contribution >= 0.6 is 0 Å². The van der Waals surface area contributed by atoms with Gasteiger partial charge in [0, 0.05) is 25.2 Å². The van der Waals surface area contributed by atoms with E-state index in [4.69, 9.17) is 4.74 Å². The lowest BCUT2D eigenvalue weighted by molar-refractivity contribution is -0.159. The molecule has 0 aliphatic carbocycles. The minimum absolute atomic E-state index is 0.139. The summed E-state index contributed by atoms with van der Waals surface area (Å²) in [5.74, 6) is 0.431. The molecule has 6 heteroatoms. The van der Waals surface area contributed by atoms with Gasteiger partial charge < -0.3 is 19.6 Å². The van der Waals surface area contributed by atoms with Crippen LogP contribution in [0.1, 0.15) is 38.7 Å². The number of carbonyl (C=O) groups is 1. The number of likely N-dealkylation sites (N-methyl/N-ethyl adjacent to an activating group) is 1. The van der Waals surface area contributed by atoms with Gasteiger partial charge in [0.1, 0.15) is 11.6 Å². The second-order valence-corrected chi connectivity index (χ2v) is 7.74. The number of piperidine rings is 1. The van der Waals surface area contributed by atoms with Gasteiger partial charge >= 0.3 is 0 Å². The van der Waals surface area contributed by atoms with Crippen molar-refractivity contribution in [1.82, 2.24) is 9.80 Å². The first kappa shape index (κ1) is 20.6. The maximum Gasteiger partial charge on any atom is 0.256 e. The van der Waals surface area contributed by atoms with Gasteiger partial charge in [0.05, 0.1) is 7.11 Å². The van der Waals surface area contributed by atoms with Crippen LogP contribution in [0.5, 0.6) is 5.75 Å². The molecular formula is C20H31FN2O3. The summed E-state index contributed by atoms with van der Waals surface area (Å²) >= 11 is 0. The zero-order chi connectivity index (χ0) is 19.3. The Balaban J connectivity index is 2.06. The number of benzene rings is 1. The molecule has 5 nitrogen and oxygen atoms in total. The van der Waals surface area contributed by atoms with Crippen LogP contribution < -0.4 is 4.74 Å². The van der Waals surface area contributed by atoms with E-state index in [9.17, 15) is 14.3 Å². The number of rotatable bonds is 8. The average molecular weight is 366 g/mol. The molecule has 0 unspecified atom stereocenters. The number of amides is 1. The molecule has 1 N–H and O–H groups in total. The third kappa shape index (κ3) is 5.17. The Morgan fingerprint density at radius 2 is 2.15 bits per heavy atom. The van der Waals surface area contributed by atoms with E-state index in [1.807, 2.05) is 11.9 Å². The highest BCUT2D eigenvalue weighted by Crippen LogP contribution is 2.27. The fourth-order valence-corrected chi connectivity index (χ4v) is 3.37. The molecule has 0 bridgehead atoms. The number of hydrogen-bond donors (Lipinski definition) is 1. The first-order chi connectivity index (χ1) is 12.2. The maximum atomic E-state index is 14.1. The molecule has 1 aliphatic heterocycles. The molecule has 0 spiro atoms. The largest absolute Gasteiger partial charge is 0.497 e. The molecule has 2 rings (SSSR count). The summed E-state index contributed by atoms with van der Waals surface area (Å²) in [7, 11) is 3.45. The fraction of sp³-hybridized carbons (Fsp3) is 0.650. The molecule has 1 amide bonds. The predicted octanol–water partition coefficient (Wildman–Crippen LogP) is 2.67. The van der Waals surface area contributed by atoms with Gasteiger partial charge in [-0.3, -0.25) is 4.79 Å². The van der Waals surface area contributed by atoms with Gasteiger partial charge in [-0.15, -0.1) is 0 Å². The van der Waals surface area contributed by atoms with Crippen molar-refractivity contribution < 1.29 is 19.0 Å². The van der Waals surface area contributed by atoms with Crippen molar-refractivity contribution in [3.05, 3.63) is 29.6 Å². The molecule has 0 radical (unpaired) electrons. The molecule has 0 saturated carbocycles. The quantitative estimate of drug-likeness (QED) is 0.769. The van der Waals surface area contributed by atoms with E-state index >= 15 is 0 Å². The van der Waals surface area contributed by atoms with Crippen LogP contribution in [0.3, 0.4) is 0 Å². The zero-order valence-corrected chi connectivity index (χ0v) is 16.3. The molecule has 1 aromatic rings. The summed E-state index contributed by atoms with van der Waals surface area (Å²) in [6.07, 6.45) is 2.15. The van der Waals surface area contributed by atoms with Crippen LogP contribution in [0.15, 0.2) is 18.2 Å². The lowest BCUT2D eigenvalue weighted by Crippen LogP contribution is -2.58. The number of ether oxygens (including phenoxy) is 1. The molecule has 146 valence electrons. The Bertz CT molecular complexity index is 623. The summed E-state index contributed by atoms with van der Waals surface area (Å²) in [4.78, 5) is 16.4. The van der Waals surface area contributed by atoms with Gasteiger partial charge in [-0.2, -0.15) is 0 Å². The Morgan fingerprint density at radius 3 is 2.81 bits per heavy atom. The summed E-state index contributed by atoms with van der Waals surface area (Å²) in [6, 6.07) is 4.50. The Labute approximate surface area is 155 Å². The third-order valence-corrected chi connectivity index (χ3v) is 4.94. The van der Waals surface area contributed by atoms with Gasteiger partial charge in [-0.25, -0.2) is 4.39 Å². The number of halogens is 1. The topological polar surface area (TPSA) is 53.0 Å². The van der Waals surface area contributed by atoms with Crippen molar-refractivity contribution >= 4 is 5.91 Å². The fourth-order valence-electron chi connectivity index (χ4n) is 3.37. The highest BCUT2D eigenvalue weighted by molar-refractivity contribution is 5.86. The predicted molar refractivity (Wildman–Crippen MR) is 99.5 cm³/mol. The number of carbonyl (C=O) groups excluding carboxylic acids is 1. The van der Waals surface area contributed by atoms with Gasteiger partial charge in [-0.1, -0.05) is 13.8 Å². The van der Waals surface area contributed by atoms with Gasteiger partial charge in [0.2, 0.25) is 0 Å². The lowest BCUT2D eigenvalue weighted by Gasteiger charge is -2.40. The molecular weight excluding hydrogens is 335 g/mol. The Morgan fingerprint density at radius 1 is 1.42 bits per heavy atom.